The minimum atomic E-state index is 0.417. The molecule has 1 aliphatic carbocycles. The second kappa shape index (κ2) is 15.2. The summed E-state index contributed by atoms with van der Waals surface area (Å²) in [6, 6.07) is 67.7. The normalized spacial score (nSPS) is 15.8. The fraction of sp³-hybridized carbons (Fsp3) is 0.103. The number of aromatic nitrogens is 3. The number of hydrogen-bond acceptors (Lipinski definition) is 3. The Morgan fingerprint density at radius 2 is 0.887 bits per heavy atom. The van der Waals surface area contributed by atoms with E-state index in [4.69, 9.17) is 0 Å². The largest absolute Gasteiger partial charge is 0.337 e. The molecule has 62 heavy (non-hydrogen) atoms. The van der Waals surface area contributed by atoms with Crippen molar-refractivity contribution in [2.75, 3.05) is 4.90 Å². The predicted octanol–water partition coefficient (Wildman–Crippen LogP) is 15.1. The van der Waals surface area contributed by atoms with E-state index < -0.39 is 0 Å². The maximum atomic E-state index is 4.32. The molecule has 4 nitrogen and oxygen atoms in total. The van der Waals surface area contributed by atoms with Crippen molar-refractivity contribution >= 4 is 33.2 Å². The van der Waals surface area contributed by atoms with Crippen molar-refractivity contribution in [3.8, 4) is 61.3 Å². The molecular weight excluding hydrogens is 753 g/mol. The zero-order chi connectivity index (χ0) is 41.0. The Labute approximate surface area is 362 Å². The van der Waals surface area contributed by atoms with Gasteiger partial charge in [-0.3, -0.25) is 9.97 Å². The molecule has 2 unspecified atom stereocenters. The maximum Gasteiger partial charge on any atom is 0.0541 e. The third-order valence-electron chi connectivity index (χ3n) is 13.4. The number of hydrogen-bond donors (Lipinski definition) is 0. The zero-order valence-corrected chi connectivity index (χ0v) is 34.4. The molecule has 7 aromatic carbocycles. The number of nitrogens with zero attached hydrogens (tertiary/aromatic N) is 4. The molecule has 2 aliphatic rings. The van der Waals surface area contributed by atoms with Crippen molar-refractivity contribution in [3.63, 3.8) is 0 Å². The summed E-state index contributed by atoms with van der Waals surface area (Å²) in [5.74, 6) is 0.481. The molecule has 3 aromatic heterocycles. The average molecular weight is 797 g/mol. The summed E-state index contributed by atoms with van der Waals surface area (Å²) in [6.45, 7) is 0. The van der Waals surface area contributed by atoms with E-state index in [2.05, 4.69) is 201 Å². The molecule has 0 spiro atoms. The van der Waals surface area contributed by atoms with Gasteiger partial charge in [-0.25, -0.2) is 0 Å². The lowest BCUT2D eigenvalue weighted by Crippen LogP contribution is -2.32. The molecule has 12 rings (SSSR count). The smallest absolute Gasteiger partial charge is 0.0541 e. The van der Waals surface area contributed by atoms with Crippen LogP contribution in [0, 0.1) is 0 Å². The van der Waals surface area contributed by atoms with E-state index in [-0.39, 0.29) is 0 Å². The van der Waals surface area contributed by atoms with Crippen LogP contribution in [-0.2, 0) is 0 Å². The summed E-state index contributed by atoms with van der Waals surface area (Å²) in [6.07, 6.45) is 12.5. The van der Waals surface area contributed by atoms with Crippen LogP contribution in [0.3, 0.4) is 0 Å². The topological polar surface area (TPSA) is 34.0 Å². The van der Waals surface area contributed by atoms with Crippen LogP contribution in [-0.4, -0.2) is 20.6 Å². The van der Waals surface area contributed by atoms with E-state index in [0.29, 0.717) is 12.0 Å². The lowest BCUT2D eigenvalue weighted by atomic mass is 9.81. The predicted molar refractivity (Wildman–Crippen MR) is 257 cm³/mol. The third-order valence-corrected chi connectivity index (χ3v) is 13.4. The molecule has 0 N–H and O–H groups in total. The molecule has 1 saturated carbocycles. The quantitative estimate of drug-likeness (QED) is 0.161. The number of fused-ring (bicyclic) bond motifs is 6. The van der Waals surface area contributed by atoms with Gasteiger partial charge in [0.25, 0.3) is 0 Å². The van der Waals surface area contributed by atoms with Crippen molar-refractivity contribution in [2.45, 2.75) is 37.6 Å². The summed E-state index contributed by atoms with van der Waals surface area (Å²) in [7, 11) is 0. The molecule has 0 saturated heterocycles. The number of pyridine rings is 2. The first-order valence-electron chi connectivity index (χ1n) is 21.9. The van der Waals surface area contributed by atoms with Gasteiger partial charge >= 0.3 is 0 Å². The Morgan fingerprint density at radius 1 is 0.371 bits per heavy atom. The van der Waals surface area contributed by atoms with E-state index in [1.807, 2.05) is 24.8 Å². The van der Waals surface area contributed by atoms with Gasteiger partial charge < -0.3 is 9.47 Å². The lowest BCUT2D eigenvalue weighted by Gasteiger charge is -2.34. The highest BCUT2D eigenvalue weighted by Crippen LogP contribution is 2.53. The van der Waals surface area contributed by atoms with Crippen LogP contribution in [0.1, 0.15) is 37.2 Å². The van der Waals surface area contributed by atoms with Crippen LogP contribution in [0.25, 0.3) is 83.1 Å². The van der Waals surface area contributed by atoms with Gasteiger partial charge in [0.15, 0.2) is 0 Å². The molecule has 0 radical (unpaired) electrons. The van der Waals surface area contributed by atoms with Gasteiger partial charge in [0.05, 0.1) is 11.0 Å². The molecule has 1 aliphatic heterocycles. The van der Waals surface area contributed by atoms with Gasteiger partial charge in [0.2, 0.25) is 0 Å². The van der Waals surface area contributed by atoms with Gasteiger partial charge in [0, 0.05) is 64.6 Å². The van der Waals surface area contributed by atoms with Crippen molar-refractivity contribution < 1.29 is 0 Å². The van der Waals surface area contributed by atoms with Crippen LogP contribution in [0.4, 0.5) is 11.4 Å². The van der Waals surface area contributed by atoms with Crippen LogP contribution >= 0.6 is 0 Å². The van der Waals surface area contributed by atoms with Crippen LogP contribution in [0.15, 0.2) is 207 Å². The Balaban J connectivity index is 0.982. The summed E-state index contributed by atoms with van der Waals surface area (Å²) in [5.41, 5.74) is 19.7. The van der Waals surface area contributed by atoms with Gasteiger partial charge in [-0.05, 0) is 165 Å². The van der Waals surface area contributed by atoms with Crippen LogP contribution < -0.4 is 4.90 Å². The molecule has 4 heteroatoms. The number of anilines is 2. The van der Waals surface area contributed by atoms with Crippen molar-refractivity contribution in [2.24, 2.45) is 0 Å². The third kappa shape index (κ3) is 6.30. The van der Waals surface area contributed by atoms with Crippen molar-refractivity contribution in [1.82, 2.24) is 14.5 Å². The molecule has 296 valence electrons. The Kier molecular flexibility index (Phi) is 8.88. The van der Waals surface area contributed by atoms with Gasteiger partial charge in [-0.1, -0.05) is 104 Å². The summed E-state index contributed by atoms with van der Waals surface area (Å²) in [4.78, 5) is 11.3. The molecule has 0 bridgehead atoms. The Morgan fingerprint density at radius 3 is 1.53 bits per heavy atom. The summed E-state index contributed by atoms with van der Waals surface area (Å²) < 4.78 is 2.46. The van der Waals surface area contributed by atoms with Crippen molar-refractivity contribution in [1.29, 1.82) is 0 Å². The van der Waals surface area contributed by atoms with E-state index in [1.165, 1.54) is 120 Å². The SMILES string of the molecule is c1ccc(-c2cc(-c3ccccc3)cc(-n3c4ccccc4c4cc(-c5ccc6c(c5)C5CCCCC5N6c5cc(-c6ccncc6)cc(-c6ccncc6)c5)ccc43)c2)cc1. The van der Waals surface area contributed by atoms with E-state index in [0.717, 1.165) is 5.69 Å². The van der Waals surface area contributed by atoms with E-state index in [1.54, 1.807) is 0 Å². The van der Waals surface area contributed by atoms with Crippen molar-refractivity contribution in [3.05, 3.63) is 212 Å². The monoisotopic (exact) mass is 796 g/mol. The Bertz CT molecular complexity index is 3130. The summed E-state index contributed by atoms with van der Waals surface area (Å²) in [5, 5.41) is 2.52. The number of rotatable bonds is 7. The van der Waals surface area contributed by atoms with Gasteiger partial charge in [-0.2, -0.15) is 0 Å². The first kappa shape index (κ1) is 36.3. The standard InChI is InChI=1S/C58H44N4/c1-3-11-39(12-4-1)45-31-46(40-13-5-2-6-14-40)34-49(33-45)61-55-17-9-7-15-51(55)53-37-43(19-21-57(53)61)44-20-22-58-54(38-44)52-16-8-10-18-56(52)62(58)50-35-47(41-23-27-59-28-24-41)32-48(36-50)42-25-29-60-30-26-42/h1-7,9,11-15,17,19-38,52,56H,8,10,16,18H2. The Hall–Kier alpha value is -7.56. The number of para-hydroxylation sites is 1. The highest BCUT2D eigenvalue weighted by molar-refractivity contribution is 6.10. The molecular formula is C58H44N4. The second-order valence-electron chi connectivity index (χ2n) is 16.9. The molecule has 2 atom stereocenters. The second-order valence-corrected chi connectivity index (χ2v) is 16.9. The molecule has 10 aromatic rings. The number of benzene rings is 7. The summed E-state index contributed by atoms with van der Waals surface area (Å²) >= 11 is 0. The lowest BCUT2D eigenvalue weighted by molar-refractivity contribution is 0.402. The minimum Gasteiger partial charge on any atom is -0.337 e. The zero-order valence-electron chi connectivity index (χ0n) is 34.4. The van der Waals surface area contributed by atoms with Gasteiger partial charge in [0.1, 0.15) is 0 Å². The van der Waals surface area contributed by atoms with Crippen LogP contribution in [0.5, 0.6) is 0 Å². The van der Waals surface area contributed by atoms with Gasteiger partial charge in [-0.15, -0.1) is 0 Å². The van der Waals surface area contributed by atoms with E-state index >= 15 is 0 Å². The fourth-order valence-electron chi connectivity index (χ4n) is 10.5. The first-order chi connectivity index (χ1) is 30.7. The molecule has 1 fully saturated rings. The molecule has 4 heterocycles. The highest BCUT2D eigenvalue weighted by atomic mass is 15.2. The maximum absolute atomic E-state index is 4.32. The minimum absolute atomic E-state index is 0.417. The first-order valence-corrected chi connectivity index (χ1v) is 21.9. The molecule has 0 amide bonds. The van der Waals surface area contributed by atoms with Crippen LogP contribution in [0.2, 0.25) is 0 Å². The van der Waals surface area contributed by atoms with E-state index in [9.17, 15) is 0 Å². The fourth-order valence-corrected chi connectivity index (χ4v) is 10.5. The highest BCUT2D eigenvalue weighted by Gasteiger charge is 2.41. The average Bonchev–Trinajstić information content (AvgIpc) is 3.87.